The second-order valence-electron chi connectivity index (χ2n) is 8.13. The molecule has 1 unspecified atom stereocenters. The molecule has 0 saturated carbocycles. The van der Waals surface area contributed by atoms with Crippen molar-refractivity contribution >= 4 is 5.91 Å². The van der Waals surface area contributed by atoms with E-state index in [2.05, 4.69) is 22.3 Å². The lowest BCUT2D eigenvalue weighted by Gasteiger charge is -2.31. The Balaban J connectivity index is 1.26. The van der Waals surface area contributed by atoms with Crippen LogP contribution in [0, 0.1) is 6.92 Å². The van der Waals surface area contributed by atoms with Gasteiger partial charge in [0.05, 0.1) is 12.5 Å². The molecule has 6 heteroatoms. The fraction of sp³-hybridized carbons (Fsp3) is 0.400. The summed E-state index contributed by atoms with van der Waals surface area (Å²) in [4.78, 5) is 19.2. The highest BCUT2D eigenvalue weighted by molar-refractivity contribution is 5.76. The molecule has 162 valence electrons. The minimum absolute atomic E-state index is 0.105. The minimum Gasteiger partial charge on any atom is -0.493 e. The molecular formula is C25H29N3O3. The average molecular weight is 420 g/mol. The maximum atomic E-state index is 12.7. The molecule has 0 N–H and O–H groups in total. The second kappa shape index (κ2) is 10.2. The van der Waals surface area contributed by atoms with Gasteiger partial charge in [0, 0.05) is 25.9 Å². The van der Waals surface area contributed by atoms with Crippen LogP contribution in [0.15, 0.2) is 59.1 Å². The highest BCUT2D eigenvalue weighted by Gasteiger charge is 2.28. The Hall–Kier alpha value is -3.15. The maximum absolute atomic E-state index is 12.7. The molecule has 1 atom stereocenters. The molecule has 0 radical (unpaired) electrons. The average Bonchev–Trinajstić information content (AvgIpc) is 3.27. The lowest BCUT2D eigenvalue weighted by molar-refractivity contribution is -0.132. The van der Waals surface area contributed by atoms with Gasteiger partial charge in [0.25, 0.3) is 0 Å². The first-order valence-electron chi connectivity index (χ1n) is 11.0. The van der Waals surface area contributed by atoms with E-state index < -0.39 is 0 Å². The van der Waals surface area contributed by atoms with E-state index in [-0.39, 0.29) is 11.8 Å². The standard InChI is InChI=1S/C25H29N3O3/c1-19-7-5-11-22(17-19)30-16-14-23-26-25(31-27-23)21-10-6-15-28(18-21)24(29)13-12-20-8-3-2-4-9-20/h2-5,7-9,11,17,21H,6,10,12-16,18H2,1H3. The normalized spacial score (nSPS) is 16.3. The quantitative estimate of drug-likeness (QED) is 0.543. The number of piperidine rings is 1. The fourth-order valence-electron chi connectivity index (χ4n) is 3.96. The number of hydrogen-bond donors (Lipinski definition) is 0. The van der Waals surface area contributed by atoms with Gasteiger partial charge in [-0.3, -0.25) is 4.79 Å². The van der Waals surface area contributed by atoms with Crippen molar-refractivity contribution in [3.8, 4) is 5.75 Å². The zero-order valence-electron chi connectivity index (χ0n) is 18.0. The third-order valence-corrected chi connectivity index (χ3v) is 5.66. The highest BCUT2D eigenvalue weighted by Crippen LogP contribution is 2.26. The summed E-state index contributed by atoms with van der Waals surface area (Å²) in [6, 6.07) is 18.1. The third-order valence-electron chi connectivity index (χ3n) is 5.66. The van der Waals surface area contributed by atoms with Crippen molar-refractivity contribution in [2.24, 2.45) is 0 Å². The first-order chi connectivity index (χ1) is 15.2. The van der Waals surface area contributed by atoms with E-state index in [0.29, 0.717) is 37.7 Å². The van der Waals surface area contributed by atoms with Crippen LogP contribution < -0.4 is 4.74 Å². The Bertz CT molecular complexity index is 986. The largest absolute Gasteiger partial charge is 0.493 e. The van der Waals surface area contributed by atoms with Crippen molar-refractivity contribution in [2.75, 3.05) is 19.7 Å². The Morgan fingerprint density at radius 1 is 1.16 bits per heavy atom. The van der Waals surface area contributed by atoms with Crippen molar-refractivity contribution in [1.29, 1.82) is 0 Å². The first kappa shape index (κ1) is 21.1. The Morgan fingerprint density at radius 3 is 2.87 bits per heavy atom. The number of rotatable bonds is 8. The van der Waals surface area contributed by atoms with Crippen LogP contribution >= 0.6 is 0 Å². The summed E-state index contributed by atoms with van der Waals surface area (Å²) in [6.07, 6.45) is 3.80. The Morgan fingerprint density at radius 2 is 2.03 bits per heavy atom. The van der Waals surface area contributed by atoms with Gasteiger partial charge in [-0.1, -0.05) is 47.6 Å². The highest BCUT2D eigenvalue weighted by atomic mass is 16.5. The van der Waals surface area contributed by atoms with E-state index >= 15 is 0 Å². The maximum Gasteiger partial charge on any atom is 0.231 e. The summed E-state index contributed by atoms with van der Waals surface area (Å²) in [5.74, 6) is 2.43. The monoisotopic (exact) mass is 419 g/mol. The van der Waals surface area contributed by atoms with Crippen molar-refractivity contribution < 1.29 is 14.1 Å². The van der Waals surface area contributed by atoms with E-state index in [4.69, 9.17) is 9.26 Å². The SMILES string of the molecule is Cc1cccc(OCCc2noc(C3CCCN(C(=O)CCc4ccccc4)C3)n2)c1. The molecule has 1 amide bonds. The molecule has 4 rings (SSSR count). The van der Waals surface area contributed by atoms with Gasteiger partial charge in [0.2, 0.25) is 11.8 Å². The van der Waals surface area contributed by atoms with Gasteiger partial charge < -0.3 is 14.2 Å². The van der Waals surface area contributed by atoms with Crippen LogP contribution in [0.25, 0.3) is 0 Å². The van der Waals surface area contributed by atoms with Crippen LogP contribution in [-0.4, -0.2) is 40.6 Å². The molecule has 1 aliphatic heterocycles. The van der Waals surface area contributed by atoms with E-state index in [1.807, 2.05) is 54.3 Å². The van der Waals surface area contributed by atoms with Crippen LogP contribution in [0.4, 0.5) is 0 Å². The molecule has 0 bridgehead atoms. The number of benzene rings is 2. The van der Waals surface area contributed by atoms with E-state index in [9.17, 15) is 4.79 Å². The molecular weight excluding hydrogens is 390 g/mol. The van der Waals surface area contributed by atoms with Crippen molar-refractivity contribution in [3.63, 3.8) is 0 Å². The van der Waals surface area contributed by atoms with Crippen LogP contribution in [0.1, 0.15) is 48.0 Å². The van der Waals surface area contributed by atoms with E-state index in [1.165, 1.54) is 11.1 Å². The second-order valence-corrected chi connectivity index (χ2v) is 8.13. The van der Waals surface area contributed by atoms with Gasteiger partial charge >= 0.3 is 0 Å². The number of hydrogen-bond acceptors (Lipinski definition) is 5. The molecule has 6 nitrogen and oxygen atoms in total. The molecule has 31 heavy (non-hydrogen) atoms. The molecule has 2 aromatic carbocycles. The first-order valence-corrected chi connectivity index (χ1v) is 11.0. The van der Waals surface area contributed by atoms with Crippen LogP contribution in [0.2, 0.25) is 0 Å². The van der Waals surface area contributed by atoms with E-state index in [0.717, 1.165) is 31.6 Å². The lowest BCUT2D eigenvalue weighted by atomic mass is 9.97. The van der Waals surface area contributed by atoms with Gasteiger partial charge in [-0.05, 0) is 49.4 Å². The Labute approximate surface area is 183 Å². The third kappa shape index (κ3) is 5.94. The van der Waals surface area contributed by atoms with Crippen LogP contribution in [0.5, 0.6) is 5.75 Å². The number of carbonyl (C=O) groups excluding carboxylic acids is 1. The summed E-state index contributed by atoms with van der Waals surface area (Å²) in [5, 5.41) is 4.12. The minimum atomic E-state index is 0.105. The summed E-state index contributed by atoms with van der Waals surface area (Å²) in [5.41, 5.74) is 2.36. The molecule has 1 saturated heterocycles. The van der Waals surface area contributed by atoms with Gasteiger partial charge in [0.15, 0.2) is 5.82 Å². The number of aryl methyl sites for hydroxylation is 2. The number of aromatic nitrogens is 2. The molecule has 2 heterocycles. The van der Waals surface area contributed by atoms with Crippen molar-refractivity contribution in [2.45, 2.75) is 44.9 Å². The fourth-order valence-corrected chi connectivity index (χ4v) is 3.96. The number of likely N-dealkylation sites (tertiary alicyclic amines) is 1. The molecule has 1 fully saturated rings. The number of amides is 1. The van der Waals surface area contributed by atoms with Crippen LogP contribution in [-0.2, 0) is 17.6 Å². The number of ether oxygens (including phenoxy) is 1. The van der Waals surface area contributed by atoms with Gasteiger partial charge in [0.1, 0.15) is 5.75 Å². The summed E-state index contributed by atoms with van der Waals surface area (Å²) < 4.78 is 11.3. The van der Waals surface area contributed by atoms with Crippen LogP contribution in [0.3, 0.4) is 0 Å². The van der Waals surface area contributed by atoms with E-state index in [1.54, 1.807) is 0 Å². The summed E-state index contributed by atoms with van der Waals surface area (Å²) in [7, 11) is 0. The summed E-state index contributed by atoms with van der Waals surface area (Å²) in [6.45, 7) is 3.99. The predicted molar refractivity (Wildman–Crippen MR) is 118 cm³/mol. The van der Waals surface area contributed by atoms with Crippen molar-refractivity contribution in [3.05, 3.63) is 77.4 Å². The number of carbonyl (C=O) groups is 1. The van der Waals surface area contributed by atoms with Gasteiger partial charge in [-0.15, -0.1) is 0 Å². The molecule has 3 aromatic rings. The zero-order chi connectivity index (χ0) is 21.5. The molecule has 1 aromatic heterocycles. The lowest BCUT2D eigenvalue weighted by Crippen LogP contribution is -2.39. The zero-order valence-corrected chi connectivity index (χ0v) is 18.0. The molecule has 0 spiro atoms. The number of nitrogens with zero attached hydrogens (tertiary/aromatic N) is 3. The van der Waals surface area contributed by atoms with Gasteiger partial charge in [-0.25, -0.2) is 0 Å². The molecule has 0 aliphatic carbocycles. The smallest absolute Gasteiger partial charge is 0.231 e. The van der Waals surface area contributed by atoms with Gasteiger partial charge in [-0.2, -0.15) is 4.98 Å². The van der Waals surface area contributed by atoms with Crippen molar-refractivity contribution in [1.82, 2.24) is 15.0 Å². The molecule has 1 aliphatic rings. The Kier molecular flexibility index (Phi) is 6.97. The topological polar surface area (TPSA) is 68.5 Å². The summed E-state index contributed by atoms with van der Waals surface area (Å²) >= 11 is 0. The predicted octanol–water partition coefficient (Wildman–Crippen LogP) is 4.34.